The molecule has 126 valence electrons. The molecular weight excluding hydrogens is 370 g/mol. The van der Waals surface area contributed by atoms with Crippen molar-refractivity contribution >= 4 is 32.7 Å². The lowest BCUT2D eigenvalue weighted by Crippen LogP contribution is -2.29. The van der Waals surface area contributed by atoms with E-state index in [1.807, 2.05) is 12.1 Å². The molecule has 0 unspecified atom stereocenters. The van der Waals surface area contributed by atoms with Gasteiger partial charge in [-0.2, -0.15) is 5.26 Å². The lowest BCUT2D eigenvalue weighted by Gasteiger charge is -2.12. The second-order valence-corrected chi connectivity index (χ2v) is 6.60. The second-order valence-electron chi connectivity index (χ2n) is 5.68. The van der Waals surface area contributed by atoms with Crippen molar-refractivity contribution in [3.63, 3.8) is 0 Å². The number of fused-ring (bicyclic) bond motifs is 1. The lowest BCUT2D eigenvalue weighted by atomic mass is 10.1. The summed E-state index contributed by atoms with van der Waals surface area (Å²) >= 11 is 3.33. The predicted octanol–water partition coefficient (Wildman–Crippen LogP) is 3.33. The molecule has 0 aliphatic carbocycles. The number of aromatic nitrogens is 1. The number of nitrogens with one attached hydrogen (secondary N) is 1. The van der Waals surface area contributed by atoms with E-state index in [0.29, 0.717) is 17.4 Å². The molecule has 1 amide bonds. The van der Waals surface area contributed by atoms with Gasteiger partial charge in [-0.25, -0.2) is 0 Å². The zero-order valence-corrected chi connectivity index (χ0v) is 15.2. The van der Waals surface area contributed by atoms with Gasteiger partial charge >= 0.3 is 0 Å². The average Bonchev–Trinajstić information content (AvgIpc) is 2.57. The smallest absolute Gasteiger partial charge is 0.239 e. The van der Waals surface area contributed by atoms with Crippen LogP contribution in [-0.4, -0.2) is 17.0 Å². The van der Waals surface area contributed by atoms with Gasteiger partial charge in [-0.15, -0.1) is 0 Å². The van der Waals surface area contributed by atoms with Crippen molar-refractivity contribution in [3.05, 3.63) is 44.7 Å². The molecule has 1 aromatic heterocycles. The number of amides is 1. The predicted molar refractivity (Wildman–Crippen MR) is 97.8 cm³/mol. The minimum absolute atomic E-state index is 0.0383. The van der Waals surface area contributed by atoms with Crippen LogP contribution in [0.2, 0.25) is 0 Å². The quantitative estimate of drug-likeness (QED) is 0.737. The molecule has 24 heavy (non-hydrogen) atoms. The van der Waals surface area contributed by atoms with E-state index in [2.05, 4.69) is 28.2 Å². The molecule has 0 saturated heterocycles. The maximum absolute atomic E-state index is 12.3. The van der Waals surface area contributed by atoms with Crippen LogP contribution >= 0.6 is 15.9 Å². The number of pyridine rings is 1. The summed E-state index contributed by atoms with van der Waals surface area (Å²) in [7, 11) is 0. The maximum atomic E-state index is 12.3. The molecule has 2 aromatic rings. The van der Waals surface area contributed by atoms with Crippen LogP contribution in [0.4, 0.5) is 0 Å². The minimum Gasteiger partial charge on any atom is -0.355 e. The number of hydrogen-bond acceptors (Lipinski definition) is 3. The van der Waals surface area contributed by atoms with E-state index in [4.69, 9.17) is 5.26 Å². The van der Waals surface area contributed by atoms with Gasteiger partial charge in [0, 0.05) is 22.6 Å². The number of halogens is 1. The molecule has 0 spiro atoms. The highest BCUT2D eigenvalue weighted by Crippen LogP contribution is 2.18. The van der Waals surface area contributed by atoms with Crippen LogP contribution in [0.3, 0.4) is 0 Å². The highest BCUT2D eigenvalue weighted by atomic mass is 79.9. The Morgan fingerprint density at radius 3 is 2.83 bits per heavy atom. The summed E-state index contributed by atoms with van der Waals surface area (Å²) in [6, 6.07) is 7.17. The molecule has 0 saturated carbocycles. The first kappa shape index (κ1) is 18.2. The fourth-order valence-corrected chi connectivity index (χ4v) is 2.93. The Bertz CT molecular complexity index is 836. The SMILES string of the molecule is CCCCCCNC(=O)Cn1cc(C#N)c(=O)c2cc(Br)ccc21. The standard InChI is InChI=1S/C18H20BrN3O2/c1-2-3-4-5-8-21-17(23)12-22-11-13(10-20)18(24)15-9-14(19)6-7-16(15)22/h6-7,9,11H,2-5,8,12H2,1H3,(H,21,23). The third kappa shape index (κ3) is 4.45. The monoisotopic (exact) mass is 389 g/mol. The van der Waals surface area contributed by atoms with Gasteiger partial charge in [-0.05, 0) is 24.6 Å². The number of benzene rings is 1. The van der Waals surface area contributed by atoms with E-state index < -0.39 is 0 Å². The van der Waals surface area contributed by atoms with Crippen molar-refractivity contribution in [1.82, 2.24) is 9.88 Å². The summed E-state index contributed by atoms with van der Waals surface area (Å²) in [6.07, 6.45) is 5.84. The van der Waals surface area contributed by atoms with Crippen LogP contribution in [-0.2, 0) is 11.3 Å². The number of carbonyl (C=O) groups is 1. The Morgan fingerprint density at radius 2 is 2.12 bits per heavy atom. The Labute approximate surface area is 149 Å². The van der Waals surface area contributed by atoms with Crippen molar-refractivity contribution in [2.24, 2.45) is 0 Å². The van der Waals surface area contributed by atoms with E-state index in [1.54, 1.807) is 16.7 Å². The van der Waals surface area contributed by atoms with Crippen molar-refractivity contribution in [2.45, 2.75) is 39.2 Å². The molecule has 1 N–H and O–H groups in total. The molecule has 2 rings (SSSR count). The van der Waals surface area contributed by atoms with Crippen molar-refractivity contribution < 1.29 is 4.79 Å². The van der Waals surface area contributed by atoms with Crippen LogP contribution in [0, 0.1) is 11.3 Å². The van der Waals surface area contributed by atoms with E-state index >= 15 is 0 Å². The van der Waals surface area contributed by atoms with Gasteiger partial charge in [0.15, 0.2) is 0 Å². The number of rotatable bonds is 7. The van der Waals surface area contributed by atoms with E-state index in [1.165, 1.54) is 12.6 Å². The summed E-state index contributed by atoms with van der Waals surface area (Å²) in [5.74, 6) is -0.122. The van der Waals surface area contributed by atoms with Crippen molar-refractivity contribution in [3.8, 4) is 6.07 Å². The number of unbranched alkanes of at least 4 members (excludes halogenated alkanes) is 3. The number of carbonyl (C=O) groups excluding carboxylic acids is 1. The molecule has 0 radical (unpaired) electrons. The van der Waals surface area contributed by atoms with Crippen LogP contribution < -0.4 is 10.7 Å². The lowest BCUT2D eigenvalue weighted by molar-refractivity contribution is -0.121. The van der Waals surface area contributed by atoms with Gasteiger partial charge < -0.3 is 9.88 Å². The summed E-state index contributed by atoms with van der Waals surface area (Å²) in [6.45, 7) is 2.87. The Hall–Kier alpha value is -2.13. The molecule has 1 aromatic carbocycles. The van der Waals surface area contributed by atoms with Crippen molar-refractivity contribution in [1.29, 1.82) is 5.26 Å². The first-order valence-corrected chi connectivity index (χ1v) is 8.85. The fraction of sp³-hybridized carbons (Fsp3) is 0.389. The first-order chi connectivity index (χ1) is 11.6. The van der Waals surface area contributed by atoms with Gasteiger partial charge in [0.1, 0.15) is 18.2 Å². The highest BCUT2D eigenvalue weighted by molar-refractivity contribution is 9.10. The van der Waals surface area contributed by atoms with Crippen LogP contribution in [0.1, 0.15) is 38.2 Å². The summed E-state index contributed by atoms with van der Waals surface area (Å²) < 4.78 is 2.41. The van der Waals surface area contributed by atoms with Gasteiger partial charge in [0.25, 0.3) is 0 Å². The molecule has 0 aliphatic rings. The largest absolute Gasteiger partial charge is 0.355 e. The Morgan fingerprint density at radius 1 is 1.33 bits per heavy atom. The normalized spacial score (nSPS) is 10.5. The fourth-order valence-electron chi connectivity index (χ4n) is 2.57. The van der Waals surface area contributed by atoms with E-state index in [9.17, 15) is 9.59 Å². The van der Waals surface area contributed by atoms with Crippen LogP contribution in [0.25, 0.3) is 10.9 Å². The van der Waals surface area contributed by atoms with Gasteiger partial charge in [0.2, 0.25) is 11.3 Å². The summed E-state index contributed by atoms with van der Waals surface area (Å²) in [5.41, 5.74) is 0.365. The topological polar surface area (TPSA) is 74.9 Å². The molecule has 6 heteroatoms. The second kappa shape index (κ2) is 8.65. The maximum Gasteiger partial charge on any atom is 0.239 e. The molecule has 0 fully saturated rings. The van der Waals surface area contributed by atoms with Gasteiger partial charge in [-0.1, -0.05) is 42.1 Å². The highest BCUT2D eigenvalue weighted by Gasteiger charge is 2.11. The third-order valence-corrected chi connectivity index (χ3v) is 4.32. The Kier molecular flexibility index (Phi) is 6.56. The van der Waals surface area contributed by atoms with Gasteiger partial charge in [0.05, 0.1) is 5.52 Å². The van der Waals surface area contributed by atoms with Gasteiger partial charge in [-0.3, -0.25) is 9.59 Å². The summed E-state index contributed by atoms with van der Waals surface area (Å²) in [5, 5.41) is 12.5. The van der Waals surface area contributed by atoms with Crippen LogP contribution in [0.5, 0.6) is 0 Å². The first-order valence-electron chi connectivity index (χ1n) is 8.06. The molecular formula is C18H20BrN3O2. The zero-order valence-electron chi connectivity index (χ0n) is 13.6. The molecule has 0 bridgehead atoms. The molecule has 0 aliphatic heterocycles. The average molecular weight is 390 g/mol. The van der Waals surface area contributed by atoms with E-state index in [-0.39, 0.29) is 23.4 Å². The van der Waals surface area contributed by atoms with Crippen molar-refractivity contribution in [2.75, 3.05) is 6.54 Å². The molecule has 1 heterocycles. The zero-order chi connectivity index (χ0) is 17.5. The van der Waals surface area contributed by atoms with E-state index in [0.717, 1.165) is 23.7 Å². The minimum atomic E-state index is -0.315. The molecule has 0 atom stereocenters. The van der Waals surface area contributed by atoms with Crippen LogP contribution in [0.15, 0.2) is 33.7 Å². The number of hydrogen-bond donors (Lipinski definition) is 1. The molecule has 5 nitrogen and oxygen atoms in total. The Balaban J connectivity index is 2.20. The number of nitriles is 1. The third-order valence-electron chi connectivity index (χ3n) is 3.83. The summed E-state index contributed by atoms with van der Waals surface area (Å²) in [4.78, 5) is 24.4. The number of nitrogens with zero attached hydrogens (tertiary/aromatic N) is 2.